The Labute approximate surface area is 80.4 Å². The van der Waals surface area contributed by atoms with Crippen LogP contribution in [-0.2, 0) is 0 Å². The molecule has 0 aliphatic carbocycles. The number of nitriles is 1. The van der Waals surface area contributed by atoms with Gasteiger partial charge in [0.25, 0.3) is 0 Å². The van der Waals surface area contributed by atoms with E-state index < -0.39 is 0 Å². The maximum absolute atomic E-state index is 8.81. The third-order valence-electron chi connectivity index (χ3n) is 1.85. The molecule has 0 bridgehead atoms. The molecule has 0 fully saturated rings. The number of benzene rings is 1. The highest BCUT2D eigenvalue weighted by molar-refractivity contribution is 6.35. The Bertz CT molecular complexity index is 494. The normalized spacial score (nSPS) is 9.85. The molecule has 13 heavy (non-hydrogen) atoms. The monoisotopic (exact) mass is 188 g/mol. The van der Waals surface area contributed by atoms with E-state index >= 15 is 0 Å². The Morgan fingerprint density at radius 2 is 2.15 bits per heavy atom. The van der Waals surface area contributed by atoms with Crippen molar-refractivity contribution in [3.63, 3.8) is 0 Å². The van der Waals surface area contributed by atoms with Crippen LogP contribution in [0, 0.1) is 11.3 Å². The lowest BCUT2D eigenvalue weighted by atomic mass is 10.1. The fraction of sp³-hybridized carbons (Fsp3) is 0. The fourth-order valence-corrected chi connectivity index (χ4v) is 1.56. The molecule has 2 rings (SSSR count). The lowest BCUT2D eigenvalue weighted by Crippen LogP contribution is -1.82. The molecule has 0 saturated heterocycles. The molecule has 1 heterocycles. The van der Waals surface area contributed by atoms with Crippen molar-refractivity contribution in [2.75, 3.05) is 0 Å². The third-order valence-corrected chi connectivity index (χ3v) is 2.17. The summed E-state index contributed by atoms with van der Waals surface area (Å²) in [6.45, 7) is 0. The average molecular weight is 189 g/mol. The van der Waals surface area contributed by atoms with Gasteiger partial charge in [-0.25, -0.2) is 0 Å². The summed E-state index contributed by atoms with van der Waals surface area (Å²) in [5.74, 6) is 0. The van der Waals surface area contributed by atoms with E-state index in [1.807, 2.05) is 12.1 Å². The summed E-state index contributed by atoms with van der Waals surface area (Å²) in [7, 11) is 0. The van der Waals surface area contributed by atoms with Crippen LogP contribution in [0.4, 0.5) is 0 Å². The minimum Gasteiger partial charge on any atom is -0.263 e. The number of nitrogens with zero attached hydrogens (tertiary/aromatic N) is 2. The Balaban J connectivity index is 2.97. The highest BCUT2D eigenvalue weighted by atomic mass is 35.5. The number of aromatic nitrogens is 1. The van der Waals surface area contributed by atoms with Gasteiger partial charge in [-0.15, -0.1) is 0 Å². The average Bonchev–Trinajstić information content (AvgIpc) is 2.17. The Morgan fingerprint density at radius 1 is 1.31 bits per heavy atom. The van der Waals surface area contributed by atoms with E-state index in [9.17, 15) is 0 Å². The van der Waals surface area contributed by atoms with Gasteiger partial charge in [-0.2, -0.15) is 5.26 Å². The summed E-state index contributed by atoms with van der Waals surface area (Å²) >= 11 is 5.96. The van der Waals surface area contributed by atoms with Crippen LogP contribution in [0.5, 0.6) is 0 Å². The highest BCUT2D eigenvalue weighted by Gasteiger charge is 2.03. The van der Waals surface area contributed by atoms with Crippen molar-refractivity contribution in [1.82, 2.24) is 4.98 Å². The molecule has 0 amide bonds. The Kier molecular flexibility index (Phi) is 1.88. The molecule has 0 aliphatic heterocycles. The molecular weight excluding hydrogens is 184 g/mol. The lowest BCUT2D eigenvalue weighted by Gasteiger charge is -2.00. The molecule has 0 N–H and O–H groups in total. The standard InChI is InChI=1S/C10H5ClN2/c11-9-3-1-2-7-5-13-6-8(4-12)10(7)9/h1-3,5-6H. The predicted molar refractivity (Wildman–Crippen MR) is 51.5 cm³/mol. The Hall–Kier alpha value is -1.59. The van der Waals surface area contributed by atoms with Crippen molar-refractivity contribution in [3.8, 4) is 6.07 Å². The molecule has 62 valence electrons. The second-order valence-electron chi connectivity index (χ2n) is 2.64. The zero-order valence-electron chi connectivity index (χ0n) is 6.66. The topological polar surface area (TPSA) is 36.7 Å². The van der Waals surface area contributed by atoms with E-state index in [4.69, 9.17) is 16.9 Å². The molecule has 0 atom stereocenters. The second-order valence-corrected chi connectivity index (χ2v) is 3.04. The van der Waals surface area contributed by atoms with Crippen LogP contribution >= 0.6 is 11.6 Å². The quantitative estimate of drug-likeness (QED) is 0.638. The molecule has 1 aromatic carbocycles. The van der Waals surface area contributed by atoms with Crippen LogP contribution in [0.25, 0.3) is 10.8 Å². The van der Waals surface area contributed by atoms with Gasteiger partial charge in [0.05, 0.1) is 5.56 Å². The predicted octanol–water partition coefficient (Wildman–Crippen LogP) is 2.76. The van der Waals surface area contributed by atoms with Gasteiger partial charge in [-0.1, -0.05) is 23.7 Å². The fourth-order valence-electron chi connectivity index (χ4n) is 1.27. The number of hydrogen-bond acceptors (Lipinski definition) is 2. The van der Waals surface area contributed by atoms with Crippen molar-refractivity contribution in [1.29, 1.82) is 5.26 Å². The maximum atomic E-state index is 8.81. The number of halogens is 1. The lowest BCUT2D eigenvalue weighted by molar-refractivity contribution is 1.34. The zero-order chi connectivity index (χ0) is 9.26. The van der Waals surface area contributed by atoms with Crippen LogP contribution in [0.3, 0.4) is 0 Å². The maximum Gasteiger partial charge on any atom is 0.101 e. The Morgan fingerprint density at radius 3 is 2.92 bits per heavy atom. The third kappa shape index (κ3) is 1.24. The van der Waals surface area contributed by atoms with Gasteiger partial charge in [0, 0.05) is 28.2 Å². The molecule has 0 spiro atoms. The molecule has 0 saturated carbocycles. The van der Waals surface area contributed by atoms with Crippen molar-refractivity contribution < 1.29 is 0 Å². The first-order chi connectivity index (χ1) is 6.33. The van der Waals surface area contributed by atoms with Crippen LogP contribution < -0.4 is 0 Å². The number of hydrogen-bond donors (Lipinski definition) is 0. The highest BCUT2D eigenvalue weighted by Crippen LogP contribution is 2.25. The second kappa shape index (κ2) is 3.04. The minimum atomic E-state index is 0.517. The van der Waals surface area contributed by atoms with Gasteiger partial charge in [-0.3, -0.25) is 4.98 Å². The SMILES string of the molecule is N#Cc1cncc2cccc(Cl)c12. The van der Waals surface area contributed by atoms with Crippen molar-refractivity contribution in [3.05, 3.63) is 41.2 Å². The molecule has 0 radical (unpaired) electrons. The van der Waals surface area contributed by atoms with E-state index in [0.29, 0.717) is 10.6 Å². The van der Waals surface area contributed by atoms with Crippen molar-refractivity contribution in [2.45, 2.75) is 0 Å². The largest absolute Gasteiger partial charge is 0.263 e. The molecule has 2 nitrogen and oxygen atoms in total. The van der Waals surface area contributed by atoms with E-state index in [1.54, 1.807) is 12.3 Å². The van der Waals surface area contributed by atoms with Gasteiger partial charge in [0.2, 0.25) is 0 Å². The first-order valence-corrected chi connectivity index (χ1v) is 4.13. The van der Waals surface area contributed by atoms with Crippen LogP contribution in [0.15, 0.2) is 30.6 Å². The minimum absolute atomic E-state index is 0.517. The van der Waals surface area contributed by atoms with E-state index in [2.05, 4.69) is 11.1 Å². The van der Waals surface area contributed by atoms with Gasteiger partial charge < -0.3 is 0 Å². The van der Waals surface area contributed by atoms with E-state index in [0.717, 1.165) is 10.8 Å². The summed E-state index contributed by atoms with van der Waals surface area (Å²) in [5.41, 5.74) is 0.517. The zero-order valence-corrected chi connectivity index (χ0v) is 7.42. The van der Waals surface area contributed by atoms with Crippen LogP contribution in [0.2, 0.25) is 5.02 Å². The van der Waals surface area contributed by atoms with Crippen LogP contribution in [0.1, 0.15) is 5.56 Å². The summed E-state index contributed by atoms with van der Waals surface area (Å²) in [5, 5.41) is 11.1. The van der Waals surface area contributed by atoms with Crippen molar-refractivity contribution >= 4 is 22.4 Å². The van der Waals surface area contributed by atoms with Gasteiger partial charge in [0.1, 0.15) is 6.07 Å². The summed E-state index contributed by atoms with van der Waals surface area (Å²) in [6, 6.07) is 7.56. The van der Waals surface area contributed by atoms with Gasteiger partial charge in [0.15, 0.2) is 0 Å². The first kappa shape index (κ1) is 8.03. The first-order valence-electron chi connectivity index (χ1n) is 3.75. The summed E-state index contributed by atoms with van der Waals surface area (Å²) in [4.78, 5) is 3.94. The number of fused-ring (bicyclic) bond motifs is 1. The van der Waals surface area contributed by atoms with E-state index in [1.165, 1.54) is 6.20 Å². The molecule has 3 heteroatoms. The molecule has 2 aromatic rings. The summed E-state index contributed by atoms with van der Waals surface area (Å²) < 4.78 is 0. The molecular formula is C10H5ClN2. The number of pyridine rings is 1. The van der Waals surface area contributed by atoms with Crippen molar-refractivity contribution in [2.24, 2.45) is 0 Å². The number of rotatable bonds is 0. The molecule has 0 aliphatic rings. The van der Waals surface area contributed by atoms with Crippen LogP contribution in [-0.4, -0.2) is 4.98 Å². The molecule has 0 unspecified atom stereocenters. The molecule has 1 aromatic heterocycles. The van der Waals surface area contributed by atoms with Gasteiger partial charge >= 0.3 is 0 Å². The summed E-state index contributed by atoms with van der Waals surface area (Å²) in [6.07, 6.45) is 3.22. The van der Waals surface area contributed by atoms with Gasteiger partial charge in [-0.05, 0) is 6.07 Å². The van der Waals surface area contributed by atoms with E-state index in [-0.39, 0.29) is 0 Å². The smallest absolute Gasteiger partial charge is 0.101 e.